The summed E-state index contributed by atoms with van der Waals surface area (Å²) in [6.07, 6.45) is 2.01. The minimum atomic E-state index is -0.0773. The number of carbonyl (C=O) groups is 1. The maximum atomic E-state index is 11.8. The highest BCUT2D eigenvalue weighted by molar-refractivity contribution is 7.99. The van der Waals surface area contributed by atoms with Crippen LogP contribution in [-0.4, -0.2) is 30.3 Å². The minimum Gasteiger partial charge on any atom is -0.464 e. The summed E-state index contributed by atoms with van der Waals surface area (Å²) in [5.74, 6) is 1.54. The van der Waals surface area contributed by atoms with Crippen LogP contribution in [0.5, 0.6) is 0 Å². The van der Waals surface area contributed by atoms with Crippen molar-refractivity contribution >= 4 is 29.5 Å². The minimum absolute atomic E-state index is 0.0666. The van der Waals surface area contributed by atoms with Crippen molar-refractivity contribution in [3.8, 4) is 0 Å². The fraction of sp³-hybridized carbons (Fsp3) is 0.417. The molecule has 4 heteroatoms. The summed E-state index contributed by atoms with van der Waals surface area (Å²) in [4.78, 5) is 13.1. The summed E-state index contributed by atoms with van der Waals surface area (Å²) in [6.45, 7) is 0.517. The average molecular weight is 254 g/mol. The zero-order valence-corrected chi connectivity index (χ0v) is 10.8. The predicted octanol–water partition coefficient (Wildman–Crippen LogP) is 2.78. The SMILES string of the molecule is CSCCOC(=O)C1CSc2ccccc21. The molecule has 1 aliphatic heterocycles. The molecule has 0 bridgehead atoms. The molecule has 0 spiro atoms. The summed E-state index contributed by atoms with van der Waals surface area (Å²) >= 11 is 3.43. The summed E-state index contributed by atoms with van der Waals surface area (Å²) < 4.78 is 5.25. The second-order valence-electron chi connectivity index (χ2n) is 3.56. The molecule has 1 unspecified atom stereocenters. The van der Waals surface area contributed by atoms with Gasteiger partial charge in [-0.05, 0) is 17.9 Å². The number of esters is 1. The van der Waals surface area contributed by atoms with E-state index in [9.17, 15) is 4.79 Å². The van der Waals surface area contributed by atoms with Crippen LogP contribution in [0.4, 0.5) is 0 Å². The van der Waals surface area contributed by atoms with Crippen molar-refractivity contribution in [3.63, 3.8) is 0 Å². The number of fused-ring (bicyclic) bond motifs is 1. The van der Waals surface area contributed by atoms with Crippen LogP contribution >= 0.6 is 23.5 Å². The molecule has 0 aromatic heterocycles. The Bertz CT molecular complexity index is 379. The predicted molar refractivity (Wildman–Crippen MR) is 69.2 cm³/mol. The molecule has 0 amide bonds. The van der Waals surface area contributed by atoms with Crippen LogP contribution in [0.3, 0.4) is 0 Å². The standard InChI is InChI=1S/C12H14O2S2/c1-15-7-6-14-12(13)10-8-16-11-5-3-2-4-9(10)11/h2-5,10H,6-8H2,1H3. The molecule has 1 aliphatic rings. The first-order chi connectivity index (χ1) is 7.83. The maximum absolute atomic E-state index is 11.8. The van der Waals surface area contributed by atoms with E-state index >= 15 is 0 Å². The van der Waals surface area contributed by atoms with Crippen LogP contribution in [0.1, 0.15) is 11.5 Å². The molecule has 1 aromatic carbocycles. The van der Waals surface area contributed by atoms with Crippen molar-refractivity contribution in [1.29, 1.82) is 0 Å². The van der Waals surface area contributed by atoms with Crippen LogP contribution in [-0.2, 0) is 9.53 Å². The summed E-state index contributed by atoms with van der Waals surface area (Å²) in [5, 5.41) is 0. The van der Waals surface area contributed by atoms with Crippen LogP contribution in [0.25, 0.3) is 0 Å². The third-order valence-corrected chi connectivity index (χ3v) is 4.27. The van der Waals surface area contributed by atoms with Gasteiger partial charge in [-0.1, -0.05) is 18.2 Å². The van der Waals surface area contributed by atoms with Crippen LogP contribution < -0.4 is 0 Å². The summed E-state index contributed by atoms with van der Waals surface area (Å²) in [7, 11) is 0. The van der Waals surface area contributed by atoms with Gasteiger partial charge in [0.2, 0.25) is 0 Å². The lowest BCUT2D eigenvalue weighted by Crippen LogP contribution is -2.17. The van der Waals surface area contributed by atoms with Crippen molar-refractivity contribution < 1.29 is 9.53 Å². The van der Waals surface area contributed by atoms with Crippen molar-refractivity contribution in [2.24, 2.45) is 0 Å². The van der Waals surface area contributed by atoms with Crippen molar-refractivity contribution in [1.82, 2.24) is 0 Å². The molecule has 86 valence electrons. The lowest BCUT2D eigenvalue weighted by molar-refractivity contribution is -0.144. The van der Waals surface area contributed by atoms with E-state index in [0.717, 1.165) is 17.1 Å². The second-order valence-corrected chi connectivity index (χ2v) is 5.61. The number of hydrogen-bond acceptors (Lipinski definition) is 4. The highest BCUT2D eigenvalue weighted by atomic mass is 32.2. The molecule has 2 nitrogen and oxygen atoms in total. The van der Waals surface area contributed by atoms with Gasteiger partial charge in [0.15, 0.2) is 0 Å². The molecule has 16 heavy (non-hydrogen) atoms. The number of thioether (sulfide) groups is 2. The van der Waals surface area contributed by atoms with Gasteiger partial charge in [-0.3, -0.25) is 4.79 Å². The van der Waals surface area contributed by atoms with Gasteiger partial charge in [-0.15, -0.1) is 11.8 Å². The Morgan fingerprint density at radius 1 is 1.56 bits per heavy atom. The Labute approximate surface area is 104 Å². The third kappa shape index (κ3) is 2.55. The molecule has 1 atom stereocenters. The van der Waals surface area contributed by atoms with Gasteiger partial charge in [0.25, 0.3) is 0 Å². The van der Waals surface area contributed by atoms with E-state index in [0.29, 0.717) is 6.61 Å². The zero-order valence-electron chi connectivity index (χ0n) is 9.14. The Morgan fingerprint density at radius 2 is 2.38 bits per heavy atom. The van der Waals surface area contributed by atoms with Crippen LogP contribution in [0.15, 0.2) is 29.2 Å². The second kappa shape index (κ2) is 5.64. The molecule has 0 fully saturated rings. The molecule has 2 rings (SSSR count). The molecule has 0 aliphatic carbocycles. The van der Waals surface area contributed by atoms with Gasteiger partial charge in [0.05, 0.1) is 5.92 Å². The number of rotatable bonds is 4. The van der Waals surface area contributed by atoms with E-state index in [-0.39, 0.29) is 11.9 Å². The van der Waals surface area contributed by atoms with Crippen LogP contribution in [0.2, 0.25) is 0 Å². The van der Waals surface area contributed by atoms with Gasteiger partial charge >= 0.3 is 5.97 Å². The topological polar surface area (TPSA) is 26.3 Å². The third-order valence-electron chi connectivity index (χ3n) is 2.52. The van der Waals surface area contributed by atoms with Gasteiger partial charge in [0, 0.05) is 16.4 Å². The van der Waals surface area contributed by atoms with Gasteiger partial charge < -0.3 is 4.74 Å². The number of ether oxygens (including phenoxy) is 1. The molecule has 1 aromatic rings. The maximum Gasteiger partial charge on any atom is 0.314 e. The molecular weight excluding hydrogens is 240 g/mol. The molecule has 0 saturated carbocycles. The lowest BCUT2D eigenvalue weighted by Gasteiger charge is -2.10. The Morgan fingerprint density at radius 3 is 3.19 bits per heavy atom. The van der Waals surface area contributed by atoms with E-state index in [2.05, 4.69) is 6.07 Å². The zero-order chi connectivity index (χ0) is 11.4. The largest absolute Gasteiger partial charge is 0.464 e. The van der Waals surface area contributed by atoms with E-state index in [1.807, 2.05) is 24.5 Å². The van der Waals surface area contributed by atoms with E-state index in [1.54, 1.807) is 23.5 Å². The highest BCUT2D eigenvalue weighted by Gasteiger charge is 2.29. The number of benzene rings is 1. The summed E-state index contributed by atoms with van der Waals surface area (Å²) in [6, 6.07) is 8.07. The smallest absolute Gasteiger partial charge is 0.314 e. The van der Waals surface area contributed by atoms with Gasteiger partial charge in [0.1, 0.15) is 6.61 Å². The van der Waals surface area contributed by atoms with Gasteiger partial charge in [-0.2, -0.15) is 11.8 Å². The Balaban J connectivity index is 1.99. The Hall–Kier alpha value is -0.610. The molecule has 1 heterocycles. The van der Waals surface area contributed by atoms with E-state index in [4.69, 9.17) is 4.74 Å². The molecule has 0 radical (unpaired) electrons. The first-order valence-electron chi connectivity index (χ1n) is 5.20. The van der Waals surface area contributed by atoms with Crippen molar-refractivity contribution in [2.45, 2.75) is 10.8 Å². The quantitative estimate of drug-likeness (QED) is 0.609. The molecule has 0 saturated heterocycles. The Kier molecular flexibility index (Phi) is 4.18. The highest BCUT2D eigenvalue weighted by Crippen LogP contribution is 2.39. The molecule has 0 N–H and O–H groups in total. The van der Waals surface area contributed by atoms with E-state index < -0.39 is 0 Å². The average Bonchev–Trinajstić information content (AvgIpc) is 2.73. The monoisotopic (exact) mass is 254 g/mol. The fourth-order valence-corrected chi connectivity index (χ4v) is 3.15. The van der Waals surface area contributed by atoms with Crippen molar-refractivity contribution in [2.75, 3.05) is 24.4 Å². The number of hydrogen-bond donors (Lipinski definition) is 0. The molecular formula is C12H14O2S2. The fourth-order valence-electron chi connectivity index (χ4n) is 1.68. The van der Waals surface area contributed by atoms with Crippen molar-refractivity contribution in [3.05, 3.63) is 29.8 Å². The van der Waals surface area contributed by atoms with Crippen LogP contribution in [0, 0.1) is 0 Å². The number of carbonyl (C=O) groups excluding carboxylic acids is 1. The normalized spacial score (nSPS) is 18.2. The lowest BCUT2D eigenvalue weighted by atomic mass is 10.0. The van der Waals surface area contributed by atoms with Gasteiger partial charge in [-0.25, -0.2) is 0 Å². The first kappa shape index (κ1) is 11.9. The van der Waals surface area contributed by atoms with E-state index in [1.165, 1.54) is 4.90 Å². The first-order valence-corrected chi connectivity index (χ1v) is 7.58. The summed E-state index contributed by atoms with van der Waals surface area (Å²) in [5.41, 5.74) is 1.13.